The van der Waals surface area contributed by atoms with Crippen molar-refractivity contribution in [1.82, 2.24) is 4.90 Å². The molecular weight excluding hydrogens is 390 g/mol. The molecule has 0 bridgehead atoms. The molecule has 0 spiro atoms. The van der Waals surface area contributed by atoms with E-state index in [0.717, 1.165) is 44.0 Å². The fourth-order valence-corrected chi connectivity index (χ4v) is 4.52. The van der Waals surface area contributed by atoms with Gasteiger partial charge in [0.2, 0.25) is 5.91 Å². The van der Waals surface area contributed by atoms with E-state index in [1.807, 2.05) is 24.3 Å². The molecule has 0 radical (unpaired) electrons. The van der Waals surface area contributed by atoms with Gasteiger partial charge < -0.3 is 19.4 Å². The van der Waals surface area contributed by atoms with Crippen LogP contribution in [0, 0.1) is 0 Å². The highest BCUT2D eigenvalue weighted by Gasteiger charge is 2.29. The fourth-order valence-electron chi connectivity index (χ4n) is 3.56. The molecule has 29 heavy (non-hydrogen) atoms. The number of nitrogens with one attached hydrogen (secondary N) is 1. The molecule has 2 heterocycles. The number of anilines is 1. The van der Waals surface area contributed by atoms with Crippen LogP contribution in [0.1, 0.15) is 24.2 Å². The van der Waals surface area contributed by atoms with E-state index >= 15 is 0 Å². The van der Waals surface area contributed by atoms with Gasteiger partial charge in [0, 0.05) is 11.3 Å². The molecule has 2 aliphatic heterocycles. The Morgan fingerprint density at radius 1 is 1.21 bits per heavy atom. The minimum atomic E-state index is -0.397. The fraction of sp³-hybridized carbons (Fsp3) is 0.476. The SMILES string of the molecule is CCOC(=O)/C=C1\SCC(=O)N1CC[NH+]1CCN(c2ccc(C(C)=O)cc2)CC1. The Morgan fingerprint density at radius 3 is 2.52 bits per heavy atom. The zero-order valence-electron chi connectivity index (χ0n) is 17.0. The van der Waals surface area contributed by atoms with E-state index in [0.29, 0.717) is 23.9 Å². The third-order valence-corrected chi connectivity index (χ3v) is 6.26. The van der Waals surface area contributed by atoms with E-state index < -0.39 is 5.97 Å². The number of hydrogen-bond donors (Lipinski definition) is 1. The first-order valence-corrected chi connectivity index (χ1v) is 11.0. The third-order valence-electron chi connectivity index (χ3n) is 5.24. The van der Waals surface area contributed by atoms with Crippen LogP contribution >= 0.6 is 11.8 Å². The highest BCUT2D eigenvalue weighted by molar-refractivity contribution is 8.04. The van der Waals surface area contributed by atoms with Crippen LogP contribution in [-0.4, -0.2) is 74.2 Å². The lowest BCUT2D eigenvalue weighted by molar-refractivity contribution is -0.899. The Bertz CT molecular complexity index is 786. The Kier molecular flexibility index (Phi) is 7.33. The number of carbonyl (C=O) groups excluding carboxylic acids is 3. The zero-order chi connectivity index (χ0) is 20.8. The summed E-state index contributed by atoms with van der Waals surface area (Å²) < 4.78 is 4.96. The number of ketones is 1. The molecule has 156 valence electrons. The smallest absolute Gasteiger partial charge is 0.333 e. The Balaban J connectivity index is 1.49. The molecule has 1 N–H and O–H groups in total. The van der Waals surface area contributed by atoms with E-state index in [9.17, 15) is 14.4 Å². The molecule has 0 aliphatic carbocycles. The number of esters is 1. The maximum absolute atomic E-state index is 12.2. The number of piperazine rings is 1. The summed E-state index contributed by atoms with van der Waals surface area (Å²) in [6.07, 6.45) is 1.43. The molecule has 1 aromatic carbocycles. The van der Waals surface area contributed by atoms with Crippen LogP contribution in [0.15, 0.2) is 35.4 Å². The molecule has 0 aromatic heterocycles. The first kappa shape index (κ1) is 21.4. The van der Waals surface area contributed by atoms with Gasteiger partial charge in [-0.25, -0.2) is 4.79 Å². The van der Waals surface area contributed by atoms with Crippen molar-refractivity contribution in [2.45, 2.75) is 13.8 Å². The Labute approximate surface area is 175 Å². The van der Waals surface area contributed by atoms with Gasteiger partial charge >= 0.3 is 5.97 Å². The first-order chi connectivity index (χ1) is 14.0. The second-order valence-electron chi connectivity index (χ2n) is 7.16. The number of quaternary nitrogens is 1. The molecule has 2 aliphatic rings. The van der Waals surface area contributed by atoms with Gasteiger partial charge in [-0.3, -0.25) is 9.59 Å². The molecule has 0 atom stereocenters. The van der Waals surface area contributed by atoms with Crippen molar-refractivity contribution in [2.75, 3.05) is 56.5 Å². The van der Waals surface area contributed by atoms with Crippen LogP contribution in [0.3, 0.4) is 0 Å². The number of nitrogens with zero attached hydrogens (tertiary/aromatic N) is 2. The summed E-state index contributed by atoms with van der Waals surface area (Å²) in [6, 6.07) is 7.78. The summed E-state index contributed by atoms with van der Waals surface area (Å²) in [7, 11) is 0. The lowest BCUT2D eigenvalue weighted by Crippen LogP contribution is -3.15. The summed E-state index contributed by atoms with van der Waals surface area (Å²) in [6.45, 7) is 8.97. The first-order valence-electron chi connectivity index (χ1n) is 9.99. The maximum Gasteiger partial charge on any atom is 0.333 e. The standard InChI is InChI=1S/C21H27N3O4S/c1-3-28-21(27)14-20-24(19(26)15-29-20)13-10-22-8-11-23(12-9-22)18-6-4-17(5-7-18)16(2)25/h4-7,14H,3,8-13,15H2,1-2H3/p+1/b20-14-. The van der Waals surface area contributed by atoms with Crippen LogP contribution in [0.25, 0.3) is 0 Å². The van der Waals surface area contributed by atoms with Crippen LogP contribution in [0.2, 0.25) is 0 Å². The number of hydrogen-bond acceptors (Lipinski definition) is 6. The molecule has 2 saturated heterocycles. The molecule has 2 fully saturated rings. The highest BCUT2D eigenvalue weighted by Crippen LogP contribution is 2.28. The van der Waals surface area contributed by atoms with Crippen LogP contribution in [-0.2, 0) is 14.3 Å². The monoisotopic (exact) mass is 418 g/mol. The molecule has 0 unspecified atom stereocenters. The number of carbonyl (C=O) groups is 3. The van der Waals surface area contributed by atoms with E-state index in [2.05, 4.69) is 4.90 Å². The van der Waals surface area contributed by atoms with E-state index in [1.165, 1.54) is 22.7 Å². The van der Waals surface area contributed by atoms with Crippen molar-refractivity contribution in [3.8, 4) is 0 Å². The maximum atomic E-state index is 12.2. The molecule has 3 rings (SSSR count). The Hall–Kier alpha value is -2.32. The normalized spacial score (nSPS) is 19.1. The summed E-state index contributed by atoms with van der Waals surface area (Å²) in [4.78, 5) is 40.8. The lowest BCUT2D eigenvalue weighted by Gasteiger charge is -2.34. The summed E-state index contributed by atoms with van der Waals surface area (Å²) >= 11 is 1.40. The number of thioether (sulfide) groups is 1. The zero-order valence-corrected chi connectivity index (χ0v) is 17.8. The van der Waals surface area contributed by atoms with Crippen LogP contribution < -0.4 is 9.80 Å². The predicted molar refractivity (Wildman–Crippen MR) is 113 cm³/mol. The lowest BCUT2D eigenvalue weighted by atomic mass is 10.1. The molecule has 7 nitrogen and oxygen atoms in total. The second-order valence-corrected chi connectivity index (χ2v) is 8.15. The minimum Gasteiger partial charge on any atom is -0.463 e. The molecular formula is C21H28N3O4S+. The van der Waals surface area contributed by atoms with E-state index in [1.54, 1.807) is 18.7 Å². The molecule has 1 aromatic rings. The third kappa shape index (κ3) is 5.61. The van der Waals surface area contributed by atoms with Crippen LogP contribution in [0.5, 0.6) is 0 Å². The minimum absolute atomic E-state index is 0.0501. The van der Waals surface area contributed by atoms with Gasteiger partial charge in [-0.15, -0.1) is 0 Å². The van der Waals surface area contributed by atoms with Crippen molar-refractivity contribution in [1.29, 1.82) is 0 Å². The quantitative estimate of drug-likeness (QED) is 0.397. The number of ether oxygens (including phenoxy) is 1. The van der Waals surface area contributed by atoms with Gasteiger partial charge in [-0.1, -0.05) is 11.8 Å². The average Bonchev–Trinajstić information content (AvgIpc) is 3.06. The highest BCUT2D eigenvalue weighted by atomic mass is 32.2. The van der Waals surface area contributed by atoms with Gasteiger partial charge in [0.1, 0.15) is 0 Å². The van der Waals surface area contributed by atoms with Crippen LogP contribution in [0.4, 0.5) is 5.69 Å². The summed E-state index contributed by atoms with van der Waals surface area (Å²) in [5.41, 5.74) is 1.87. The molecule has 0 saturated carbocycles. The van der Waals surface area contributed by atoms with Crippen molar-refractivity contribution in [3.63, 3.8) is 0 Å². The Morgan fingerprint density at radius 2 is 1.90 bits per heavy atom. The summed E-state index contributed by atoms with van der Waals surface area (Å²) in [5.74, 6) is 0.113. The van der Waals surface area contributed by atoms with Crippen molar-refractivity contribution in [3.05, 3.63) is 40.9 Å². The number of Topliss-reactive ketones (excluding diaryl/α,β-unsaturated/α-hetero) is 1. The molecule has 8 heteroatoms. The van der Waals surface area contributed by atoms with Crippen molar-refractivity contribution < 1.29 is 24.0 Å². The van der Waals surface area contributed by atoms with E-state index in [4.69, 9.17) is 4.74 Å². The number of amides is 1. The largest absolute Gasteiger partial charge is 0.463 e. The van der Waals surface area contributed by atoms with Gasteiger partial charge in [-0.2, -0.15) is 0 Å². The van der Waals surface area contributed by atoms with E-state index in [-0.39, 0.29) is 11.7 Å². The number of rotatable bonds is 7. The van der Waals surface area contributed by atoms with Gasteiger partial charge in [-0.05, 0) is 38.1 Å². The van der Waals surface area contributed by atoms with Crippen molar-refractivity contribution in [2.24, 2.45) is 0 Å². The van der Waals surface area contributed by atoms with Gasteiger partial charge in [0.25, 0.3) is 0 Å². The van der Waals surface area contributed by atoms with Crippen molar-refractivity contribution >= 4 is 35.1 Å². The summed E-state index contributed by atoms with van der Waals surface area (Å²) in [5, 5.41) is 0.692. The van der Waals surface area contributed by atoms with Gasteiger partial charge in [0.15, 0.2) is 5.78 Å². The molecule has 1 amide bonds. The second kappa shape index (κ2) is 9.93. The predicted octanol–water partition coefficient (Wildman–Crippen LogP) is 0.574. The topological polar surface area (TPSA) is 71.4 Å². The number of benzene rings is 1. The average molecular weight is 419 g/mol. The van der Waals surface area contributed by atoms with Gasteiger partial charge in [0.05, 0.1) is 62.7 Å².